The van der Waals surface area contributed by atoms with E-state index >= 15 is 0 Å². The van der Waals surface area contributed by atoms with Crippen molar-refractivity contribution in [2.75, 3.05) is 4.90 Å². The summed E-state index contributed by atoms with van der Waals surface area (Å²) < 4.78 is 14.0. The van der Waals surface area contributed by atoms with Crippen molar-refractivity contribution < 1.29 is 8.83 Å². The predicted molar refractivity (Wildman–Crippen MR) is 251 cm³/mol. The Morgan fingerprint density at radius 1 is 0.361 bits per heavy atom. The Bertz CT molecular complexity index is 3540. The summed E-state index contributed by atoms with van der Waals surface area (Å²) in [5.74, 6) is 0. The Kier molecular flexibility index (Phi) is 6.99. The average Bonchev–Trinajstić information content (AvgIpc) is 4.03. The molecule has 13 rings (SSSR count). The molecule has 0 saturated heterocycles. The van der Waals surface area contributed by atoms with Crippen LogP contribution in [0.4, 0.5) is 17.1 Å². The molecule has 2 aliphatic rings. The van der Waals surface area contributed by atoms with Crippen LogP contribution < -0.4 is 4.90 Å². The van der Waals surface area contributed by atoms with Crippen molar-refractivity contribution in [2.45, 2.75) is 24.7 Å². The van der Waals surface area contributed by atoms with Crippen molar-refractivity contribution >= 4 is 60.9 Å². The van der Waals surface area contributed by atoms with E-state index in [2.05, 4.69) is 213 Å². The SMILES string of the molecule is CC1(C)c2ccccc2-c2ccc(N(c3ccc4c(c3)oc3c(C5(c6ccccc6)c6ccccc6-c6ccccc65)cccc34)c3cccc4c3oc3ccccc34)cc21. The Morgan fingerprint density at radius 2 is 0.885 bits per heavy atom. The van der Waals surface area contributed by atoms with Crippen molar-refractivity contribution in [3.8, 4) is 22.3 Å². The molecule has 0 aliphatic heterocycles. The summed E-state index contributed by atoms with van der Waals surface area (Å²) in [6.07, 6.45) is 0. The number of nitrogens with zero attached hydrogens (tertiary/aromatic N) is 1. The van der Waals surface area contributed by atoms with E-state index in [9.17, 15) is 0 Å². The molecule has 2 aliphatic carbocycles. The number of furan rings is 2. The molecule has 0 radical (unpaired) electrons. The summed E-state index contributed by atoms with van der Waals surface area (Å²) in [6.45, 7) is 4.68. The van der Waals surface area contributed by atoms with E-state index in [1.54, 1.807) is 0 Å². The van der Waals surface area contributed by atoms with Gasteiger partial charge in [0.15, 0.2) is 5.58 Å². The number of fused-ring (bicyclic) bond motifs is 12. The monoisotopic (exact) mass is 781 g/mol. The molecule has 2 aromatic heterocycles. The van der Waals surface area contributed by atoms with Crippen LogP contribution in [0.15, 0.2) is 209 Å². The van der Waals surface area contributed by atoms with Gasteiger partial charge < -0.3 is 13.7 Å². The number of rotatable bonds is 5. The zero-order valence-corrected chi connectivity index (χ0v) is 33.8. The molecule has 0 saturated carbocycles. The number of hydrogen-bond donors (Lipinski definition) is 0. The van der Waals surface area contributed by atoms with Gasteiger partial charge in [-0.15, -0.1) is 0 Å². The van der Waals surface area contributed by atoms with E-state index in [4.69, 9.17) is 8.83 Å². The maximum absolute atomic E-state index is 7.27. The first-order valence-corrected chi connectivity index (χ1v) is 21.2. The fourth-order valence-corrected chi connectivity index (χ4v) is 11.1. The topological polar surface area (TPSA) is 29.5 Å². The molecule has 61 heavy (non-hydrogen) atoms. The normalized spacial score (nSPS) is 14.3. The third-order valence-electron chi connectivity index (χ3n) is 13.8. The van der Waals surface area contributed by atoms with Gasteiger partial charge in [-0.05, 0) is 86.5 Å². The number of anilines is 3. The van der Waals surface area contributed by atoms with Gasteiger partial charge >= 0.3 is 0 Å². The lowest BCUT2D eigenvalue weighted by Crippen LogP contribution is -2.28. The molecule has 0 bridgehead atoms. The summed E-state index contributed by atoms with van der Waals surface area (Å²) >= 11 is 0. The molecule has 2 heterocycles. The van der Waals surface area contributed by atoms with E-state index in [0.29, 0.717) is 0 Å². The van der Waals surface area contributed by atoms with Crippen LogP contribution in [0.5, 0.6) is 0 Å². The smallest absolute Gasteiger partial charge is 0.159 e. The van der Waals surface area contributed by atoms with Gasteiger partial charge in [0, 0.05) is 44.3 Å². The Morgan fingerprint density at radius 3 is 1.66 bits per heavy atom. The molecule has 0 spiro atoms. The molecule has 9 aromatic carbocycles. The minimum Gasteiger partial charge on any atom is -0.456 e. The highest BCUT2D eigenvalue weighted by Gasteiger charge is 2.47. The summed E-state index contributed by atoms with van der Waals surface area (Å²) in [5.41, 5.74) is 18.4. The molecule has 0 fully saturated rings. The molecule has 0 amide bonds. The minimum absolute atomic E-state index is 0.162. The standard InChI is InChI=1S/C58H39NO2/c1-57(2)47-24-10-6-18-39(47)42-32-30-37(34-51(42)57)59(52-28-15-23-46-43-21-9-13-29-53(43)60-56(46)52)38-31-33-44-45-22-14-27-50(55(45)61-54(44)35-38)58(36-16-4-3-5-17-36)48-25-11-7-19-40(48)41-20-8-12-26-49(41)58/h3-35H,1-2H3. The van der Waals surface area contributed by atoms with Crippen LogP contribution in [-0.4, -0.2) is 0 Å². The van der Waals surface area contributed by atoms with Gasteiger partial charge in [0.25, 0.3) is 0 Å². The van der Waals surface area contributed by atoms with Crippen molar-refractivity contribution in [2.24, 2.45) is 0 Å². The molecular formula is C58H39NO2. The Balaban J connectivity index is 1.06. The van der Waals surface area contributed by atoms with Crippen molar-refractivity contribution in [1.82, 2.24) is 0 Å². The Labute approximate surface area is 353 Å². The van der Waals surface area contributed by atoms with Crippen molar-refractivity contribution in [1.29, 1.82) is 0 Å². The first-order chi connectivity index (χ1) is 30.0. The number of hydrogen-bond acceptors (Lipinski definition) is 3. The predicted octanol–water partition coefficient (Wildman–Crippen LogP) is 15.6. The lowest BCUT2D eigenvalue weighted by molar-refractivity contribution is 0.648. The van der Waals surface area contributed by atoms with Gasteiger partial charge in [0.1, 0.15) is 16.7 Å². The molecule has 3 nitrogen and oxygen atoms in total. The fourth-order valence-electron chi connectivity index (χ4n) is 11.1. The van der Waals surface area contributed by atoms with Crippen LogP contribution in [0.25, 0.3) is 66.1 Å². The fraction of sp³-hybridized carbons (Fsp3) is 0.0690. The highest BCUT2D eigenvalue weighted by molar-refractivity contribution is 6.12. The highest BCUT2D eigenvalue weighted by Crippen LogP contribution is 2.58. The third kappa shape index (κ3) is 4.58. The number of para-hydroxylation sites is 3. The minimum atomic E-state index is -0.581. The molecule has 11 aromatic rings. The highest BCUT2D eigenvalue weighted by atomic mass is 16.3. The van der Waals surface area contributed by atoms with Crippen molar-refractivity contribution in [3.63, 3.8) is 0 Å². The van der Waals surface area contributed by atoms with Crippen LogP contribution in [0.2, 0.25) is 0 Å². The summed E-state index contributed by atoms with van der Waals surface area (Å²) in [6, 6.07) is 72.7. The molecule has 0 N–H and O–H groups in total. The molecule has 0 atom stereocenters. The number of benzene rings is 9. The lowest BCUT2D eigenvalue weighted by atomic mass is 9.67. The average molecular weight is 782 g/mol. The van der Waals surface area contributed by atoms with Gasteiger partial charge in [-0.1, -0.05) is 172 Å². The molecule has 0 unspecified atom stereocenters. The third-order valence-corrected chi connectivity index (χ3v) is 13.8. The zero-order chi connectivity index (χ0) is 40.5. The van der Waals surface area contributed by atoms with E-state index in [0.717, 1.165) is 66.5 Å². The van der Waals surface area contributed by atoms with Crippen LogP contribution >= 0.6 is 0 Å². The largest absolute Gasteiger partial charge is 0.456 e. The summed E-state index contributed by atoms with van der Waals surface area (Å²) in [7, 11) is 0. The van der Waals surface area contributed by atoms with Gasteiger partial charge in [-0.3, -0.25) is 0 Å². The van der Waals surface area contributed by atoms with Crippen molar-refractivity contribution in [3.05, 3.63) is 234 Å². The van der Waals surface area contributed by atoms with Crippen LogP contribution in [0.3, 0.4) is 0 Å². The van der Waals surface area contributed by atoms with Crippen LogP contribution in [0, 0.1) is 0 Å². The van der Waals surface area contributed by atoms with Gasteiger partial charge in [0.2, 0.25) is 0 Å². The second-order valence-corrected chi connectivity index (χ2v) is 17.2. The summed E-state index contributed by atoms with van der Waals surface area (Å²) in [4.78, 5) is 2.35. The van der Waals surface area contributed by atoms with E-state index in [1.807, 2.05) is 6.07 Å². The maximum Gasteiger partial charge on any atom is 0.159 e. The molecule has 3 heteroatoms. The zero-order valence-electron chi connectivity index (χ0n) is 33.8. The lowest BCUT2D eigenvalue weighted by Gasteiger charge is -2.33. The van der Waals surface area contributed by atoms with Crippen LogP contribution in [0.1, 0.15) is 47.2 Å². The van der Waals surface area contributed by atoms with E-state index in [1.165, 1.54) is 50.1 Å². The van der Waals surface area contributed by atoms with Gasteiger partial charge in [0.05, 0.1) is 16.8 Å². The quantitative estimate of drug-likeness (QED) is 0.174. The van der Waals surface area contributed by atoms with E-state index in [-0.39, 0.29) is 5.41 Å². The maximum atomic E-state index is 7.27. The van der Waals surface area contributed by atoms with Gasteiger partial charge in [-0.2, -0.15) is 0 Å². The second kappa shape index (κ2) is 12.5. The summed E-state index contributed by atoms with van der Waals surface area (Å²) in [5, 5.41) is 4.37. The first-order valence-electron chi connectivity index (χ1n) is 21.2. The molecule has 288 valence electrons. The molecular weight excluding hydrogens is 743 g/mol. The first kappa shape index (κ1) is 34.3. The van der Waals surface area contributed by atoms with E-state index < -0.39 is 5.41 Å². The second-order valence-electron chi connectivity index (χ2n) is 17.2. The van der Waals surface area contributed by atoms with Crippen LogP contribution in [-0.2, 0) is 10.8 Å². The van der Waals surface area contributed by atoms with Gasteiger partial charge in [-0.25, -0.2) is 0 Å². The Hall–Kier alpha value is -7.62.